The third kappa shape index (κ3) is 5.10. The van der Waals surface area contributed by atoms with Gasteiger partial charge in [0.1, 0.15) is 5.56 Å². The highest BCUT2D eigenvalue weighted by atomic mass is 32.2. The van der Waals surface area contributed by atoms with Crippen LogP contribution in [0.4, 0.5) is 17.2 Å². The van der Waals surface area contributed by atoms with E-state index < -0.39 is 15.9 Å². The van der Waals surface area contributed by atoms with Crippen LogP contribution in [0.3, 0.4) is 0 Å². The Hall–Kier alpha value is -4.43. The van der Waals surface area contributed by atoms with Crippen LogP contribution in [0.25, 0.3) is 10.9 Å². The monoisotopic (exact) mass is 515 g/mol. The number of hydrogen-bond acceptors (Lipinski definition) is 7. The average molecular weight is 516 g/mol. The maximum absolute atomic E-state index is 12.9. The molecule has 10 nitrogen and oxygen atoms in total. The second-order valence-corrected chi connectivity index (χ2v) is 10.7. The molecule has 1 aliphatic carbocycles. The molecule has 0 bridgehead atoms. The average Bonchev–Trinajstić information content (AvgIpc) is 3.32. The first-order valence-electron chi connectivity index (χ1n) is 11.9. The fourth-order valence-electron chi connectivity index (χ4n) is 4.61. The van der Waals surface area contributed by atoms with Gasteiger partial charge < -0.3 is 11.1 Å². The third-order valence-electron chi connectivity index (χ3n) is 6.52. The molecule has 0 spiro atoms. The van der Waals surface area contributed by atoms with Crippen LogP contribution in [-0.4, -0.2) is 29.1 Å². The van der Waals surface area contributed by atoms with Crippen LogP contribution in [-0.2, 0) is 10.0 Å². The van der Waals surface area contributed by atoms with Gasteiger partial charge in [0.2, 0.25) is 0 Å². The molecule has 1 amide bonds. The zero-order valence-electron chi connectivity index (χ0n) is 19.8. The normalized spacial score (nSPS) is 17.7. The second kappa shape index (κ2) is 9.91. The van der Waals surface area contributed by atoms with Crippen LogP contribution in [0.1, 0.15) is 42.1 Å². The molecule has 1 aliphatic rings. The van der Waals surface area contributed by atoms with E-state index >= 15 is 0 Å². The number of nitrogens with zero attached hydrogens (tertiary/aromatic N) is 4. The lowest BCUT2D eigenvalue weighted by Gasteiger charge is -2.26. The topological polar surface area (TPSA) is 156 Å². The Morgan fingerprint density at radius 2 is 1.84 bits per heavy atom. The number of hydrogen-bond donors (Lipinski definition) is 3. The van der Waals surface area contributed by atoms with E-state index in [-0.39, 0.29) is 28.2 Å². The van der Waals surface area contributed by atoms with Crippen LogP contribution >= 0.6 is 0 Å². The number of carbonyl (C=O) groups excluding carboxylic acids is 1. The number of sulfonamides is 1. The third-order valence-corrected chi connectivity index (χ3v) is 7.92. The molecule has 1 saturated carbocycles. The van der Waals surface area contributed by atoms with Crippen LogP contribution in [0.2, 0.25) is 0 Å². The zero-order valence-corrected chi connectivity index (χ0v) is 20.6. The highest BCUT2D eigenvalue weighted by molar-refractivity contribution is 7.92. The molecular weight excluding hydrogens is 490 g/mol. The predicted molar refractivity (Wildman–Crippen MR) is 140 cm³/mol. The minimum Gasteiger partial charge on any atom is -0.365 e. The number of primary amides is 1. The Labute approximate surface area is 214 Å². The molecule has 2 aromatic carbocycles. The summed E-state index contributed by atoms with van der Waals surface area (Å²) in [5, 5.41) is 18.0. The van der Waals surface area contributed by atoms with E-state index in [0.717, 1.165) is 31.1 Å². The van der Waals surface area contributed by atoms with Gasteiger partial charge in [0.25, 0.3) is 15.9 Å². The molecule has 4 N–H and O–H groups in total. The van der Waals surface area contributed by atoms with Gasteiger partial charge in [-0.05, 0) is 55.3 Å². The van der Waals surface area contributed by atoms with Gasteiger partial charge in [0.15, 0.2) is 5.82 Å². The molecule has 0 radical (unpaired) electrons. The molecule has 37 heavy (non-hydrogen) atoms. The summed E-state index contributed by atoms with van der Waals surface area (Å²) in [6.45, 7) is 0. The number of amides is 1. The van der Waals surface area contributed by atoms with Gasteiger partial charge in [-0.2, -0.15) is 10.4 Å². The number of benzene rings is 2. The highest BCUT2D eigenvalue weighted by Gasteiger charge is 2.29. The van der Waals surface area contributed by atoms with Crippen molar-refractivity contribution < 1.29 is 13.2 Å². The van der Waals surface area contributed by atoms with Crippen LogP contribution in [0, 0.1) is 17.2 Å². The summed E-state index contributed by atoms with van der Waals surface area (Å²) in [5.74, 6) is -0.573. The van der Waals surface area contributed by atoms with Crippen LogP contribution < -0.4 is 15.8 Å². The number of pyridine rings is 1. The van der Waals surface area contributed by atoms with Crippen molar-refractivity contribution in [3.8, 4) is 6.07 Å². The number of aromatic nitrogens is 3. The Morgan fingerprint density at radius 3 is 2.59 bits per heavy atom. The molecular formula is C26H25N7O3S. The minimum absolute atomic E-state index is 0.0684. The number of rotatable bonds is 7. The predicted octanol–water partition coefficient (Wildman–Crippen LogP) is 4.33. The molecule has 0 aliphatic heterocycles. The van der Waals surface area contributed by atoms with Gasteiger partial charge in [-0.1, -0.05) is 25.0 Å². The number of nitriles is 1. The molecule has 4 aromatic rings. The Kier molecular flexibility index (Phi) is 6.50. The number of nitrogens with one attached hydrogen (secondary N) is 2. The summed E-state index contributed by atoms with van der Waals surface area (Å²) in [7, 11) is -3.84. The maximum Gasteiger partial charge on any atom is 0.261 e. The molecule has 2 aromatic heterocycles. The lowest BCUT2D eigenvalue weighted by atomic mass is 9.85. The number of carbonyl (C=O) groups is 1. The smallest absolute Gasteiger partial charge is 0.261 e. The van der Waals surface area contributed by atoms with E-state index in [4.69, 9.17) is 5.73 Å². The largest absolute Gasteiger partial charge is 0.365 e. The Balaban J connectivity index is 1.35. The lowest BCUT2D eigenvalue weighted by Crippen LogP contribution is -2.22. The highest BCUT2D eigenvalue weighted by Crippen LogP contribution is 2.34. The fraction of sp³-hybridized carbons (Fsp3) is 0.231. The van der Waals surface area contributed by atoms with E-state index in [2.05, 4.69) is 26.2 Å². The van der Waals surface area contributed by atoms with Crippen molar-refractivity contribution in [1.29, 1.82) is 5.26 Å². The number of fused-ring (bicyclic) bond motifs is 1. The molecule has 2 heterocycles. The summed E-state index contributed by atoms with van der Waals surface area (Å²) in [5.41, 5.74) is 7.40. The standard InChI is InChI=1S/C26H25N7O3S/c27-15-18-4-1-2-6-24(18)33-16-22(25(28)34)26(31-33)30-19-9-11-21(12-10-19)37(35,36)32-20-8-7-17-5-3-13-29-23(17)14-20/h3,5,7-14,16,18,24,32H,1-2,4,6H2,(H2,28,34)(H,30,31)/t18?,24-/m1/s1. The van der Waals surface area contributed by atoms with E-state index in [9.17, 15) is 18.5 Å². The first-order chi connectivity index (χ1) is 17.8. The summed E-state index contributed by atoms with van der Waals surface area (Å²) in [6.07, 6.45) is 6.78. The van der Waals surface area contributed by atoms with Crippen molar-refractivity contribution in [2.45, 2.75) is 36.6 Å². The summed E-state index contributed by atoms with van der Waals surface area (Å²) < 4.78 is 30.1. The molecule has 188 valence electrons. The first-order valence-corrected chi connectivity index (χ1v) is 13.4. The quantitative estimate of drug-likeness (QED) is 0.331. The SMILES string of the molecule is N#CC1CCCC[C@H]1n1cc(C(N)=O)c(Nc2ccc(S(=O)(=O)Nc3ccc4cccnc4c3)cc2)n1. The Bertz CT molecular complexity index is 1610. The lowest BCUT2D eigenvalue weighted by molar-refractivity contribution is 0.100. The molecule has 5 rings (SSSR count). The number of nitrogens with two attached hydrogens (primary N) is 1. The zero-order chi connectivity index (χ0) is 26.0. The van der Waals surface area contributed by atoms with E-state index in [1.54, 1.807) is 47.4 Å². The van der Waals surface area contributed by atoms with E-state index in [0.29, 0.717) is 16.9 Å². The minimum atomic E-state index is -3.84. The molecule has 2 atom stereocenters. The summed E-state index contributed by atoms with van der Waals surface area (Å²) >= 11 is 0. The van der Waals surface area contributed by atoms with Gasteiger partial charge in [-0.3, -0.25) is 19.2 Å². The molecule has 0 saturated heterocycles. The summed E-state index contributed by atoms with van der Waals surface area (Å²) in [6, 6.07) is 17.2. The first kappa shape index (κ1) is 24.3. The van der Waals surface area contributed by atoms with Gasteiger partial charge in [0, 0.05) is 23.5 Å². The molecule has 11 heteroatoms. The van der Waals surface area contributed by atoms with Gasteiger partial charge in [-0.25, -0.2) is 8.42 Å². The summed E-state index contributed by atoms with van der Waals surface area (Å²) in [4.78, 5) is 16.4. The van der Waals surface area contributed by atoms with Crippen molar-refractivity contribution >= 4 is 44.0 Å². The molecule has 1 fully saturated rings. The second-order valence-electron chi connectivity index (χ2n) is 8.99. The van der Waals surface area contributed by atoms with Crippen LogP contribution in [0.5, 0.6) is 0 Å². The van der Waals surface area contributed by atoms with E-state index in [1.807, 2.05) is 12.1 Å². The van der Waals surface area contributed by atoms with Gasteiger partial charge >= 0.3 is 0 Å². The van der Waals surface area contributed by atoms with Crippen molar-refractivity contribution in [2.75, 3.05) is 10.0 Å². The van der Waals surface area contributed by atoms with Gasteiger partial charge in [-0.15, -0.1) is 0 Å². The number of anilines is 3. The fourth-order valence-corrected chi connectivity index (χ4v) is 5.66. The van der Waals surface area contributed by atoms with Gasteiger partial charge in [0.05, 0.1) is 34.1 Å². The van der Waals surface area contributed by atoms with E-state index in [1.165, 1.54) is 12.1 Å². The van der Waals surface area contributed by atoms with Crippen molar-refractivity contribution in [2.24, 2.45) is 11.7 Å². The van der Waals surface area contributed by atoms with Crippen LogP contribution in [0.15, 0.2) is 71.9 Å². The Morgan fingerprint density at radius 1 is 1.08 bits per heavy atom. The molecule has 1 unspecified atom stereocenters. The van der Waals surface area contributed by atoms with Crippen molar-refractivity contribution in [3.05, 3.63) is 72.6 Å². The van der Waals surface area contributed by atoms with Crippen molar-refractivity contribution in [1.82, 2.24) is 14.8 Å². The van der Waals surface area contributed by atoms with Crippen molar-refractivity contribution in [3.63, 3.8) is 0 Å². The maximum atomic E-state index is 12.9.